The minimum atomic E-state index is 0.924. The summed E-state index contributed by atoms with van der Waals surface area (Å²) < 4.78 is 1.79. The van der Waals surface area contributed by atoms with Crippen LogP contribution in [0.3, 0.4) is 0 Å². The molecule has 0 aromatic heterocycles. The Morgan fingerprint density at radius 1 is 1.43 bits per heavy atom. The van der Waals surface area contributed by atoms with E-state index in [1.807, 2.05) is 0 Å². The van der Waals surface area contributed by atoms with Gasteiger partial charge in [-0.2, -0.15) is 0 Å². The summed E-state index contributed by atoms with van der Waals surface area (Å²) in [4.78, 5) is 0. The molecule has 2 heteroatoms. The van der Waals surface area contributed by atoms with E-state index in [9.17, 15) is 0 Å². The highest BCUT2D eigenvalue weighted by atomic mass is 35.5. The monoisotopic (exact) mass is 207 g/mol. The van der Waals surface area contributed by atoms with Gasteiger partial charge in [0.25, 0.3) is 0 Å². The van der Waals surface area contributed by atoms with Gasteiger partial charge in [0.2, 0.25) is 0 Å². The molecule has 1 aromatic carbocycles. The van der Waals surface area contributed by atoms with Gasteiger partial charge in [-0.25, -0.2) is 4.42 Å². The molecule has 1 nitrogen and oxygen atoms in total. The molecule has 0 bridgehead atoms. The Kier molecular flexibility index (Phi) is 2.90. The molecule has 0 amide bonds. The number of hydrogen-bond donors (Lipinski definition) is 0. The Balaban J connectivity index is 1.95. The second kappa shape index (κ2) is 4.16. The first-order valence-electron chi connectivity index (χ1n) is 4.88. The summed E-state index contributed by atoms with van der Waals surface area (Å²) in [5, 5.41) is 0. The molecule has 0 atom stereocenters. The van der Waals surface area contributed by atoms with E-state index in [1.165, 1.54) is 16.7 Å². The SMILES string of the molecule is Cc1cccc(CC=C2CN(Cl)C2)c1. The van der Waals surface area contributed by atoms with Gasteiger partial charge in [0.1, 0.15) is 0 Å². The first-order chi connectivity index (χ1) is 6.74. The lowest BCUT2D eigenvalue weighted by molar-refractivity contribution is 0.429. The van der Waals surface area contributed by atoms with Gasteiger partial charge in [-0.05, 0) is 36.3 Å². The molecule has 1 fully saturated rings. The molecular weight excluding hydrogens is 194 g/mol. The number of aryl methyl sites for hydroxylation is 1. The highest BCUT2D eigenvalue weighted by Crippen LogP contribution is 2.17. The average molecular weight is 208 g/mol. The van der Waals surface area contributed by atoms with Gasteiger partial charge in [-0.3, -0.25) is 0 Å². The number of allylic oxidation sites excluding steroid dienone is 1. The Morgan fingerprint density at radius 3 is 2.86 bits per heavy atom. The number of halogens is 1. The molecule has 0 saturated carbocycles. The van der Waals surface area contributed by atoms with E-state index in [-0.39, 0.29) is 0 Å². The van der Waals surface area contributed by atoms with Crippen LogP contribution in [0.15, 0.2) is 35.9 Å². The Hall–Kier alpha value is -0.790. The molecule has 74 valence electrons. The van der Waals surface area contributed by atoms with Gasteiger partial charge in [0.05, 0.1) is 0 Å². The zero-order valence-corrected chi connectivity index (χ0v) is 9.09. The summed E-state index contributed by atoms with van der Waals surface area (Å²) in [6.07, 6.45) is 3.31. The molecule has 14 heavy (non-hydrogen) atoms. The molecular formula is C12H14ClN. The average Bonchev–Trinajstić information content (AvgIpc) is 2.11. The third kappa shape index (κ3) is 2.37. The lowest BCUT2D eigenvalue weighted by Gasteiger charge is -2.26. The molecule has 0 spiro atoms. The summed E-state index contributed by atoms with van der Waals surface area (Å²) in [5.41, 5.74) is 4.15. The smallest absolute Gasteiger partial charge is 0.0366 e. The lowest BCUT2D eigenvalue weighted by atomic mass is 10.0. The molecule has 0 N–H and O–H groups in total. The van der Waals surface area contributed by atoms with Crippen LogP contribution in [0.5, 0.6) is 0 Å². The largest absolute Gasteiger partial charge is 0.212 e. The predicted molar refractivity (Wildman–Crippen MR) is 60.4 cm³/mol. The Morgan fingerprint density at radius 2 is 2.21 bits per heavy atom. The highest BCUT2D eigenvalue weighted by molar-refractivity contribution is 6.14. The first-order valence-corrected chi connectivity index (χ1v) is 5.22. The summed E-state index contributed by atoms with van der Waals surface area (Å²) >= 11 is 5.74. The van der Waals surface area contributed by atoms with Crippen molar-refractivity contribution in [1.82, 2.24) is 4.42 Å². The van der Waals surface area contributed by atoms with Crippen LogP contribution >= 0.6 is 11.8 Å². The van der Waals surface area contributed by atoms with Crippen LogP contribution in [0.2, 0.25) is 0 Å². The van der Waals surface area contributed by atoms with E-state index in [0.29, 0.717) is 0 Å². The molecule has 0 radical (unpaired) electrons. The highest BCUT2D eigenvalue weighted by Gasteiger charge is 2.16. The fourth-order valence-electron chi connectivity index (χ4n) is 1.62. The maximum atomic E-state index is 5.74. The van der Waals surface area contributed by atoms with E-state index in [4.69, 9.17) is 11.8 Å². The van der Waals surface area contributed by atoms with Crippen molar-refractivity contribution < 1.29 is 0 Å². The van der Waals surface area contributed by atoms with Crippen LogP contribution in [-0.4, -0.2) is 17.5 Å². The molecule has 1 saturated heterocycles. The van der Waals surface area contributed by atoms with Crippen molar-refractivity contribution in [1.29, 1.82) is 0 Å². The predicted octanol–water partition coefficient (Wildman–Crippen LogP) is 2.93. The van der Waals surface area contributed by atoms with E-state index in [1.54, 1.807) is 4.42 Å². The molecule has 1 heterocycles. The second-order valence-corrected chi connectivity index (χ2v) is 4.31. The van der Waals surface area contributed by atoms with Gasteiger partial charge < -0.3 is 0 Å². The zero-order valence-electron chi connectivity index (χ0n) is 8.33. The van der Waals surface area contributed by atoms with Crippen molar-refractivity contribution in [2.24, 2.45) is 0 Å². The number of nitrogens with zero attached hydrogens (tertiary/aromatic N) is 1. The molecule has 1 aromatic rings. The third-order valence-electron chi connectivity index (χ3n) is 2.46. The number of benzene rings is 1. The van der Waals surface area contributed by atoms with Gasteiger partial charge in [0.15, 0.2) is 0 Å². The number of hydrogen-bond acceptors (Lipinski definition) is 1. The van der Waals surface area contributed by atoms with Crippen molar-refractivity contribution in [3.8, 4) is 0 Å². The summed E-state index contributed by atoms with van der Waals surface area (Å²) in [6.45, 7) is 3.97. The van der Waals surface area contributed by atoms with Gasteiger partial charge >= 0.3 is 0 Å². The maximum Gasteiger partial charge on any atom is 0.0366 e. The Labute approximate surface area is 90.1 Å². The van der Waals surface area contributed by atoms with Crippen molar-refractivity contribution in [3.05, 3.63) is 47.0 Å². The van der Waals surface area contributed by atoms with Crippen LogP contribution in [0.4, 0.5) is 0 Å². The molecule has 0 unspecified atom stereocenters. The van der Waals surface area contributed by atoms with Crippen LogP contribution < -0.4 is 0 Å². The fourth-order valence-corrected chi connectivity index (χ4v) is 1.93. The van der Waals surface area contributed by atoms with Gasteiger partial charge in [0, 0.05) is 13.1 Å². The van der Waals surface area contributed by atoms with E-state index in [0.717, 1.165) is 19.5 Å². The molecule has 0 aliphatic carbocycles. The van der Waals surface area contributed by atoms with Crippen molar-refractivity contribution >= 4 is 11.8 Å². The van der Waals surface area contributed by atoms with Gasteiger partial charge in [-0.15, -0.1) is 0 Å². The zero-order chi connectivity index (χ0) is 9.97. The van der Waals surface area contributed by atoms with Crippen molar-refractivity contribution in [3.63, 3.8) is 0 Å². The quantitative estimate of drug-likeness (QED) is 0.533. The molecule has 2 rings (SSSR count). The standard InChI is InChI=1S/C12H14ClN/c1-10-3-2-4-11(7-10)5-6-12-8-14(13)9-12/h2-4,6-7H,5,8-9H2,1H3. The molecule has 1 aliphatic rings. The third-order valence-corrected chi connectivity index (χ3v) is 2.70. The second-order valence-electron chi connectivity index (χ2n) is 3.83. The van der Waals surface area contributed by atoms with Crippen molar-refractivity contribution in [2.75, 3.05) is 13.1 Å². The molecule has 1 aliphatic heterocycles. The minimum Gasteiger partial charge on any atom is -0.212 e. The first kappa shape index (κ1) is 9.75. The van der Waals surface area contributed by atoms with Crippen LogP contribution in [0.1, 0.15) is 11.1 Å². The summed E-state index contributed by atoms with van der Waals surface area (Å²) in [6, 6.07) is 8.63. The van der Waals surface area contributed by atoms with Crippen LogP contribution in [0, 0.1) is 6.92 Å². The number of rotatable bonds is 2. The normalized spacial score (nSPS) is 16.6. The van der Waals surface area contributed by atoms with Crippen molar-refractivity contribution in [2.45, 2.75) is 13.3 Å². The maximum absolute atomic E-state index is 5.74. The lowest BCUT2D eigenvalue weighted by Crippen LogP contribution is -2.31. The van der Waals surface area contributed by atoms with Crippen LogP contribution in [-0.2, 0) is 6.42 Å². The summed E-state index contributed by atoms with van der Waals surface area (Å²) in [5.74, 6) is 0. The van der Waals surface area contributed by atoms with E-state index in [2.05, 4.69) is 37.3 Å². The van der Waals surface area contributed by atoms with Gasteiger partial charge in [-0.1, -0.05) is 35.9 Å². The van der Waals surface area contributed by atoms with Crippen LogP contribution in [0.25, 0.3) is 0 Å². The minimum absolute atomic E-state index is 0.924. The Bertz CT molecular complexity index is 349. The summed E-state index contributed by atoms with van der Waals surface area (Å²) in [7, 11) is 0. The van der Waals surface area contributed by atoms with E-state index >= 15 is 0 Å². The topological polar surface area (TPSA) is 3.24 Å². The fraction of sp³-hybridized carbons (Fsp3) is 0.333. The van der Waals surface area contributed by atoms with E-state index < -0.39 is 0 Å².